The number of ether oxygens (including phenoxy) is 2. The van der Waals surface area contributed by atoms with Gasteiger partial charge in [0.25, 0.3) is 0 Å². The van der Waals surface area contributed by atoms with Crippen molar-refractivity contribution in [2.24, 2.45) is 0 Å². The SMILES string of the molecule is O=C(CN1CCN(C/C=C/c2ccccc2)CC1)NC1CCC2(CC1)OCCO2. The van der Waals surface area contributed by atoms with Crippen LogP contribution in [0.3, 0.4) is 0 Å². The number of hydrogen-bond acceptors (Lipinski definition) is 5. The van der Waals surface area contributed by atoms with Crippen molar-refractivity contribution >= 4 is 12.0 Å². The van der Waals surface area contributed by atoms with Crippen LogP contribution in [-0.4, -0.2) is 80.0 Å². The van der Waals surface area contributed by atoms with E-state index < -0.39 is 0 Å². The van der Waals surface area contributed by atoms with Gasteiger partial charge in [0, 0.05) is 51.6 Å². The van der Waals surface area contributed by atoms with Crippen LogP contribution in [0.2, 0.25) is 0 Å². The Morgan fingerprint density at radius 1 is 1.03 bits per heavy atom. The summed E-state index contributed by atoms with van der Waals surface area (Å²) in [6, 6.07) is 10.6. The number of nitrogens with zero attached hydrogens (tertiary/aromatic N) is 2. The highest BCUT2D eigenvalue weighted by molar-refractivity contribution is 5.78. The van der Waals surface area contributed by atoms with E-state index in [-0.39, 0.29) is 17.7 Å². The standard InChI is InChI=1S/C23H33N3O3/c27-22(24-21-8-10-23(11-9-21)28-17-18-29-23)19-26-15-13-25(14-16-26)12-4-7-20-5-2-1-3-6-20/h1-7,21H,8-19H2,(H,24,27)/b7-4+. The largest absolute Gasteiger partial charge is 0.352 e. The lowest BCUT2D eigenvalue weighted by molar-refractivity contribution is -0.180. The first-order chi connectivity index (χ1) is 14.2. The van der Waals surface area contributed by atoms with E-state index in [4.69, 9.17) is 9.47 Å². The lowest BCUT2D eigenvalue weighted by atomic mass is 9.90. The number of benzene rings is 1. The van der Waals surface area contributed by atoms with Gasteiger partial charge in [-0.05, 0) is 18.4 Å². The molecule has 1 aromatic rings. The summed E-state index contributed by atoms with van der Waals surface area (Å²) in [5, 5.41) is 3.22. The smallest absolute Gasteiger partial charge is 0.234 e. The maximum Gasteiger partial charge on any atom is 0.234 e. The molecule has 1 N–H and O–H groups in total. The van der Waals surface area contributed by atoms with Gasteiger partial charge in [0.15, 0.2) is 5.79 Å². The van der Waals surface area contributed by atoms with Gasteiger partial charge in [0.2, 0.25) is 5.91 Å². The molecule has 0 atom stereocenters. The lowest BCUT2D eigenvalue weighted by Crippen LogP contribution is -2.51. The Bertz CT molecular complexity index is 670. The molecule has 0 unspecified atom stereocenters. The van der Waals surface area contributed by atoms with Crippen molar-refractivity contribution in [3.8, 4) is 0 Å². The van der Waals surface area contributed by atoms with Crippen molar-refractivity contribution in [2.75, 3.05) is 52.5 Å². The fourth-order valence-electron chi connectivity index (χ4n) is 4.50. The predicted molar refractivity (Wildman–Crippen MR) is 113 cm³/mol. The second kappa shape index (κ2) is 9.85. The Morgan fingerprint density at radius 3 is 2.38 bits per heavy atom. The molecule has 3 aliphatic rings. The van der Waals surface area contributed by atoms with Crippen LogP contribution in [-0.2, 0) is 14.3 Å². The molecule has 6 heteroatoms. The molecule has 1 aromatic carbocycles. The number of piperazine rings is 1. The molecule has 2 heterocycles. The minimum absolute atomic E-state index is 0.150. The molecule has 2 saturated heterocycles. The zero-order valence-electron chi connectivity index (χ0n) is 17.2. The third kappa shape index (κ3) is 5.89. The van der Waals surface area contributed by atoms with E-state index >= 15 is 0 Å². The molecule has 0 aromatic heterocycles. The summed E-state index contributed by atoms with van der Waals surface area (Å²) < 4.78 is 11.5. The Morgan fingerprint density at radius 2 is 1.69 bits per heavy atom. The summed E-state index contributed by atoms with van der Waals surface area (Å²) in [6.45, 7) is 6.77. The second-order valence-corrected chi connectivity index (χ2v) is 8.34. The Kier molecular flexibility index (Phi) is 6.98. The molecule has 1 aliphatic carbocycles. The van der Waals surface area contributed by atoms with E-state index in [0.717, 1.165) is 58.4 Å². The zero-order chi connectivity index (χ0) is 19.9. The van der Waals surface area contributed by atoms with Crippen molar-refractivity contribution in [1.29, 1.82) is 0 Å². The third-order valence-electron chi connectivity index (χ3n) is 6.23. The number of nitrogens with one attached hydrogen (secondary N) is 1. The van der Waals surface area contributed by atoms with Gasteiger partial charge in [0.1, 0.15) is 0 Å². The van der Waals surface area contributed by atoms with Gasteiger partial charge in [-0.15, -0.1) is 0 Å². The molecule has 0 radical (unpaired) electrons. The highest BCUT2D eigenvalue weighted by Crippen LogP contribution is 2.35. The van der Waals surface area contributed by atoms with Crippen molar-refractivity contribution < 1.29 is 14.3 Å². The van der Waals surface area contributed by atoms with Crippen LogP contribution in [0, 0.1) is 0 Å². The van der Waals surface area contributed by atoms with Crippen LogP contribution in [0.25, 0.3) is 6.08 Å². The monoisotopic (exact) mass is 399 g/mol. The van der Waals surface area contributed by atoms with Gasteiger partial charge < -0.3 is 14.8 Å². The topological polar surface area (TPSA) is 54.0 Å². The molecule has 1 saturated carbocycles. The number of amides is 1. The quantitative estimate of drug-likeness (QED) is 0.794. The van der Waals surface area contributed by atoms with Crippen LogP contribution in [0.1, 0.15) is 31.2 Å². The van der Waals surface area contributed by atoms with Gasteiger partial charge in [-0.2, -0.15) is 0 Å². The van der Waals surface area contributed by atoms with Gasteiger partial charge in [-0.3, -0.25) is 14.6 Å². The van der Waals surface area contributed by atoms with Crippen LogP contribution in [0.15, 0.2) is 36.4 Å². The van der Waals surface area contributed by atoms with Crippen LogP contribution in [0.5, 0.6) is 0 Å². The third-order valence-corrected chi connectivity index (χ3v) is 6.23. The van der Waals surface area contributed by atoms with Gasteiger partial charge in [-0.1, -0.05) is 42.5 Å². The van der Waals surface area contributed by atoms with Crippen molar-refractivity contribution in [3.05, 3.63) is 42.0 Å². The molecule has 29 heavy (non-hydrogen) atoms. The van der Waals surface area contributed by atoms with Crippen molar-refractivity contribution in [2.45, 2.75) is 37.5 Å². The minimum Gasteiger partial charge on any atom is -0.352 e. The van der Waals surface area contributed by atoms with E-state index in [1.807, 2.05) is 6.07 Å². The number of carbonyl (C=O) groups is 1. The molecule has 1 spiro atoms. The average molecular weight is 400 g/mol. The summed E-state index contributed by atoms with van der Waals surface area (Å²) in [5.41, 5.74) is 1.24. The Hall–Kier alpha value is -1.73. The maximum absolute atomic E-state index is 12.5. The molecule has 4 rings (SSSR count). The van der Waals surface area contributed by atoms with E-state index in [0.29, 0.717) is 19.8 Å². The highest BCUT2D eigenvalue weighted by atomic mass is 16.7. The highest BCUT2D eigenvalue weighted by Gasteiger charge is 2.40. The average Bonchev–Trinajstić information content (AvgIpc) is 3.20. The number of carbonyl (C=O) groups excluding carboxylic acids is 1. The predicted octanol–water partition coefficient (Wildman–Crippen LogP) is 2.12. The lowest BCUT2D eigenvalue weighted by Gasteiger charge is -2.36. The fraction of sp³-hybridized carbons (Fsp3) is 0.609. The van der Waals surface area contributed by atoms with Crippen molar-refractivity contribution in [3.63, 3.8) is 0 Å². The van der Waals surface area contributed by atoms with Crippen LogP contribution in [0.4, 0.5) is 0 Å². The van der Waals surface area contributed by atoms with E-state index in [9.17, 15) is 4.79 Å². The van der Waals surface area contributed by atoms with E-state index in [1.165, 1.54) is 5.56 Å². The van der Waals surface area contributed by atoms with E-state index in [1.54, 1.807) is 0 Å². The summed E-state index contributed by atoms with van der Waals surface area (Å²) >= 11 is 0. The van der Waals surface area contributed by atoms with Crippen LogP contribution >= 0.6 is 0 Å². The summed E-state index contributed by atoms with van der Waals surface area (Å²) in [4.78, 5) is 17.2. The minimum atomic E-state index is -0.355. The molecule has 2 aliphatic heterocycles. The van der Waals surface area contributed by atoms with Gasteiger partial charge in [-0.25, -0.2) is 0 Å². The first-order valence-electron chi connectivity index (χ1n) is 10.9. The molecule has 6 nitrogen and oxygen atoms in total. The van der Waals surface area contributed by atoms with E-state index in [2.05, 4.69) is 51.5 Å². The molecule has 0 bridgehead atoms. The molecular weight excluding hydrogens is 366 g/mol. The molecule has 3 fully saturated rings. The molecule has 1 amide bonds. The van der Waals surface area contributed by atoms with Gasteiger partial charge >= 0.3 is 0 Å². The second-order valence-electron chi connectivity index (χ2n) is 8.34. The first-order valence-corrected chi connectivity index (χ1v) is 10.9. The summed E-state index contributed by atoms with van der Waals surface area (Å²) in [5.74, 6) is -0.205. The molecule has 158 valence electrons. The first kappa shape index (κ1) is 20.5. The molecular formula is C23H33N3O3. The number of hydrogen-bond donors (Lipinski definition) is 1. The summed E-state index contributed by atoms with van der Waals surface area (Å²) in [6.07, 6.45) is 8.04. The van der Waals surface area contributed by atoms with Crippen molar-refractivity contribution in [1.82, 2.24) is 15.1 Å². The number of rotatable bonds is 6. The Balaban J connectivity index is 1.12. The maximum atomic E-state index is 12.5. The Labute approximate surface area is 173 Å². The normalized spacial score (nSPS) is 23.7. The summed E-state index contributed by atoms with van der Waals surface area (Å²) in [7, 11) is 0. The zero-order valence-corrected chi connectivity index (χ0v) is 17.2. The van der Waals surface area contributed by atoms with Gasteiger partial charge in [0.05, 0.1) is 19.8 Å². The van der Waals surface area contributed by atoms with Crippen LogP contribution < -0.4 is 5.32 Å². The fourth-order valence-corrected chi connectivity index (χ4v) is 4.50.